The number of hydrogen-bond donors (Lipinski definition) is 0. The molecular formula is C15H14ClNO2. The molecule has 0 fully saturated rings. The van der Waals surface area contributed by atoms with Gasteiger partial charge in [0.05, 0.1) is 7.11 Å². The van der Waals surface area contributed by atoms with Crippen molar-refractivity contribution in [3.63, 3.8) is 0 Å². The van der Waals surface area contributed by atoms with Gasteiger partial charge in [0.2, 0.25) is 5.88 Å². The fourth-order valence-electron chi connectivity index (χ4n) is 1.76. The van der Waals surface area contributed by atoms with Crippen LogP contribution in [0.3, 0.4) is 0 Å². The minimum absolute atomic E-state index is 0.147. The normalized spacial score (nSPS) is 10.2. The van der Waals surface area contributed by atoms with Crippen molar-refractivity contribution in [3.05, 3.63) is 58.7 Å². The van der Waals surface area contributed by atoms with Crippen LogP contribution in [0, 0.1) is 0 Å². The summed E-state index contributed by atoms with van der Waals surface area (Å²) >= 11 is 5.80. The first kappa shape index (κ1) is 13.6. The van der Waals surface area contributed by atoms with Crippen molar-refractivity contribution in [3.8, 4) is 5.88 Å². The van der Waals surface area contributed by atoms with Crippen LogP contribution in [0.5, 0.6) is 5.88 Å². The lowest BCUT2D eigenvalue weighted by molar-refractivity contribution is -0.117. The Balaban J connectivity index is 1.95. The molecule has 0 N–H and O–H groups in total. The lowest BCUT2D eigenvalue weighted by atomic mass is 10.0. The number of carbonyl (C=O) groups is 1. The third kappa shape index (κ3) is 4.07. The first-order valence-electron chi connectivity index (χ1n) is 5.92. The van der Waals surface area contributed by atoms with Crippen LogP contribution >= 0.6 is 11.6 Å². The van der Waals surface area contributed by atoms with Gasteiger partial charge in [0.1, 0.15) is 5.78 Å². The van der Waals surface area contributed by atoms with Crippen LogP contribution in [-0.2, 0) is 17.6 Å². The minimum atomic E-state index is 0.147. The standard InChI is InChI=1S/C15H14ClNO2/c1-19-15-7-4-12(10-17-15)9-14(18)8-11-2-5-13(16)6-3-11/h2-7,10H,8-9H2,1H3. The Morgan fingerprint density at radius 2 is 1.74 bits per heavy atom. The molecule has 1 heterocycles. The largest absolute Gasteiger partial charge is 0.481 e. The van der Waals surface area contributed by atoms with Crippen molar-refractivity contribution in [2.75, 3.05) is 7.11 Å². The number of aromatic nitrogens is 1. The first-order chi connectivity index (χ1) is 9.17. The molecule has 4 heteroatoms. The average molecular weight is 276 g/mol. The topological polar surface area (TPSA) is 39.2 Å². The molecule has 2 aromatic rings. The molecule has 0 saturated carbocycles. The van der Waals surface area contributed by atoms with Gasteiger partial charge >= 0.3 is 0 Å². The second kappa shape index (κ2) is 6.34. The Hall–Kier alpha value is -1.87. The number of rotatable bonds is 5. The van der Waals surface area contributed by atoms with Gasteiger partial charge in [-0.05, 0) is 23.3 Å². The van der Waals surface area contributed by atoms with Crippen molar-refractivity contribution < 1.29 is 9.53 Å². The predicted molar refractivity (Wildman–Crippen MR) is 74.7 cm³/mol. The highest BCUT2D eigenvalue weighted by molar-refractivity contribution is 6.30. The number of ketones is 1. The molecule has 0 amide bonds. The second-order valence-corrected chi connectivity index (χ2v) is 4.66. The van der Waals surface area contributed by atoms with Gasteiger partial charge in [-0.15, -0.1) is 0 Å². The summed E-state index contributed by atoms with van der Waals surface area (Å²) in [5, 5.41) is 0.676. The number of methoxy groups -OCH3 is 1. The van der Waals surface area contributed by atoms with Crippen LogP contribution in [-0.4, -0.2) is 17.9 Å². The van der Waals surface area contributed by atoms with Crippen LogP contribution in [0.15, 0.2) is 42.6 Å². The summed E-state index contributed by atoms with van der Waals surface area (Å²) in [6.45, 7) is 0. The average Bonchev–Trinajstić information content (AvgIpc) is 2.42. The number of pyridine rings is 1. The third-order valence-corrected chi connectivity index (χ3v) is 2.97. The summed E-state index contributed by atoms with van der Waals surface area (Å²) in [4.78, 5) is 16.0. The van der Waals surface area contributed by atoms with Crippen LogP contribution in [0.1, 0.15) is 11.1 Å². The molecule has 1 aromatic carbocycles. The van der Waals surface area contributed by atoms with E-state index in [4.69, 9.17) is 16.3 Å². The lowest BCUT2D eigenvalue weighted by Crippen LogP contribution is -2.06. The van der Waals surface area contributed by atoms with Gasteiger partial charge in [0.15, 0.2) is 0 Å². The fraction of sp³-hybridized carbons (Fsp3) is 0.200. The number of Topliss-reactive ketones (excluding diaryl/α,β-unsaturated/α-hetero) is 1. The van der Waals surface area contributed by atoms with Gasteiger partial charge in [0, 0.05) is 30.1 Å². The molecule has 98 valence electrons. The molecule has 2 rings (SSSR count). The van der Waals surface area contributed by atoms with Gasteiger partial charge in [-0.1, -0.05) is 29.8 Å². The molecule has 0 aliphatic heterocycles. The predicted octanol–water partition coefficient (Wildman–Crippen LogP) is 3.10. The van der Waals surface area contributed by atoms with Gasteiger partial charge in [-0.3, -0.25) is 4.79 Å². The Morgan fingerprint density at radius 1 is 1.11 bits per heavy atom. The summed E-state index contributed by atoms with van der Waals surface area (Å²) in [6, 6.07) is 10.9. The SMILES string of the molecule is COc1ccc(CC(=O)Cc2ccc(Cl)cc2)cn1. The molecule has 0 spiro atoms. The molecule has 0 atom stereocenters. The van der Waals surface area contributed by atoms with Crippen molar-refractivity contribution in [1.82, 2.24) is 4.98 Å². The minimum Gasteiger partial charge on any atom is -0.481 e. The zero-order valence-electron chi connectivity index (χ0n) is 10.6. The maximum atomic E-state index is 11.9. The zero-order chi connectivity index (χ0) is 13.7. The van der Waals surface area contributed by atoms with E-state index in [0.717, 1.165) is 11.1 Å². The third-order valence-electron chi connectivity index (χ3n) is 2.72. The van der Waals surface area contributed by atoms with E-state index >= 15 is 0 Å². The van der Waals surface area contributed by atoms with Crippen LogP contribution < -0.4 is 4.74 Å². The summed E-state index contributed by atoms with van der Waals surface area (Å²) in [5.74, 6) is 0.697. The second-order valence-electron chi connectivity index (χ2n) is 4.23. The molecule has 0 radical (unpaired) electrons. The summed E-state index contributed by atoms with van der Waals surface area (Å²) in [5.41, 5.74) is 1.86. The monoisotopic (exact) mass is 275 g/mol. The number of halogens is 1. The Bertz CT molecular complexity index is 549. The van der Waals surface area contributed by atoms with E-state index in [1.807, 2.05) is 18.2 Å². The van der Waals surface area contributed by atoms with Gasteiger partial charge in [-0.2, -0.15) is 0 Å². The van der Waals surface area contributed by atoms with Gasteiger partial charge < -0.3 is 4.74 Å². The molecule has 0 saturated heterocycles. The van der Waals surface area contributed by atoms with E-state index in [1.165, 1.54) is 0 Å². The Labute approximate surface area is 117 Å². The highest BCUT2D eigenvalue weighted by atomic mass is 35.5. The van der Waals surface area contributed by atoms with Gasteiger partial charge in [-0.25, -0.2) is 4.98 Å². The van der Waals surface area contributed by atoms with E-state index in [0.29, 0.717) is 23.7 Å². The van der Waals surface area contributed by atoms with E-state index in [1.54, 1.807) is 31.5 Å². The molecular weight excluding hydrogens is 262 g/mol. The lowest BCUT2D eigenvalue weighted by Gasteiger charge is -2.03. The summed E-state index contributed by atoms with van der Waals surface area (Å²) < 4.78 is 4.97. The number of ether oxygens (including phenoxy) is 1. The number of nitrogens with zero attached hydrogens (tertiary/aromatic N) is 1. The molecule has 1 aromatic heterocycles. The van der Waals surface area contributed by atoms with Crippen LogP contribution in [0.25, 0.3) is 0 Å². The molecule has 0 aliphatic carbocycles. The van der Waals surface area contributed by atoms with Crippen molar-refractivity contribution in [2.24, 2.45) is 0 Å². The van der Waals surface area contributed by atoms with Gasteiger partial charge in [0.25, 0.3) is 0 Å². The van der Waals surface area contributed by atoms with E-state index in [9.17, 15) is 4.79 Å². The molecule has 19 heavy (non-hydrogen) atoms. The highest BCUT2D eigenvalue weighted by Crippen LogP contribution is 2.12. The Kier molecular flexibility index (Phi) is 4.53. The first-order valence-corrected chi connectivity index (χ1v) is 6.30. The van der Waals surface area contributed by atoms with E-state index < -0.39 is 0 Å². The van der Waals surface area contributed by atoms with Crippen molar-refractivity contribution in [1.29, 1.82) is 0 Å². The van der Waals surface area contributed by atoms with E-state index in [2.05, 4.69) is 4.98 Å². The highest BCUT2D eigenvalue weighted by Gasteiger charge is 2.06. The van der Waals surface area contributed by atoms with Crippen LogP contribution in [0.2, 0.25) is 5.02 Å². The zero-order valence-corrected chi connectivity index (χ0v) is 11.4. The summed E-state index contributed by atoms with van der Waals surface area (Å²) in [6.07, 6.45) is 2.45. The molecule has 0 aliphatic rings. The van der Waals surface area contributed by atoms with E-state index in [-0.39, 0.29) is 5.78 Å². The van der Waals surface area contributed by atoms with Crippen molar-refractivity contribution >= 4 is 17.4 Å². The van der Waals surface area contributed by atoms with Crippen LogP contribution in [0.4, 0.5) is 0 Å². The van der Waals surface area contributed by atoms with Crippen molar-refractivity contribution in [2.45, 2.75) is 12.8 Å². The smallest absolute Gasteiger partial charge is 0.212 e. The maximum absolute atomic E-state index is 11.9. The molecule has 3 nitrogen and oxygen atoms in total. The molecule has 0 unspecified atom stereocenters. The quantitative estimate of drug-likeness (QED) is 0.842. The Morgan fingerprint density at radius 3 is 2.32 bits per heavy atom. The summed E-state index contributed by atoms with van der Waals surface area (Å²) in [7, 11) is 1.56. The fourth-order valence-corrected chi connectivity index (χ4v) is 1.88. The maximum Gasteiger partial charge on any atom is 0.212 e. The molecule has 0 bridgehead atoms. The number of benzene rings is 1. The number of hydrogen-bond acceptors (Lipinski definition) is 3. The number of carbonyl (C=O) groups excluding carboxylic acids is 1.